The van der Waals surface area contributed by atoms with E-state index in [2.05, 4.69) is 74.6 Å². The molecule has 0 amide bonds. The average molecular weight is 408 g/mol. The Hall–Kier alpha value is -2.38. The van der Waals surface area contributed by atoms with Crippen LogP contribution in [0, 0.1) is 13.8 Å². The molecule has 1 fully saturated rings. The van der Waals surface area contributed by atoms with Crippen LogP contribution in [0.2, 0.25) is 0 Å². The van der Waals surface area contributed by atoms with Gasteiger partial charge in [0.2, 0.25) is 0 Å². The monoisotopic (exact) mass is 407 g/mol. The molecule has 1 aliphatic rings. The molecule has 0 saturated heterocycles. The molecule has 3 aromatic heterocycles. The van der Waals surface area contributed by atoms with Crippen molar-refractivity contribution in [3.05, 3.63) is 64.8 Å². The van der Waals surface area contributed by atoms with Crippen molar-refractivity contribution < 1.29 is 0 Å². The van der Waals surface area contributed by atoms with Gasteiger partial charge in [0.1, 0.15) is 0 Å². The lowest BCUT2D eigenvalue weighted by molar-refractivity contribution is 0.670. The molecule has 0 radical (unpaired) electrons. The molecule has 28 heavy (non-hydrogen) atoms. The predicted octanol–water partition coefficient (Wildman–Crippen LogP) is 5.44. The fourth-order valence-electron chi connectivity index (χ4n) is 3.38. The molecule has 142 valence electrons. The number of rotatable bonds is 6. The fourth-order valence-corrected chi connectivity index (χ4v) is 5.05. The van der Waals surface area contributed by atoms with E-state index in [1.54, 1.807) is 23.1 Å². The third kappa shape index (κ3) is 3.40. The number of hydrogen-bond acceptors (Lipinski definition) is 5. The maximum Gasteiger partial charge on any atom is 0.192 e. The zero-order chi connectivity index (χ0) is 19.1. The van der Waals surface area contributed by atoms with Gasteiger partial charge in [-0.3, -0.25) is 4.57 Å². The first kappa shape index (κ1) is 17.7. The van der Waals surface area contributed by atoms with Crippen LogP contribution in [-0.2, 0) is 5.75 Å². The predicted molar refractivity (Wildman–Crippen MR) is 114 cm³/mol. The first-order valence-electron chi connectivity index (χ1n) is 9.43. The van der Waals surface area contributed by atoms with Gasteiger partial charge in [-0.2, -0.15) is 5.10 Å². The molecule has 1 aliphatic carbocycles. The largest absolute Gasteiger partial charge is 0.298 e. The Balaban J connectivity index is 1.34. The average Bonchev–Trinajstić information content (AvgIpc) is 3.09. The standard InChI is InChI=1S/C21H21N5S2/c1-14-12-15(2)26(24-14)18-7-5-16(6-8-18)13-28-21-23-22-20(19-4-3-11-27-19)25(21)17-9-10-17/h3-8,11-12,17H,9-10,13H2,1-2H3. The van der Waals surface area contributed by atoms with E-state index in [1.165, 1.54) is 23.3 Å². The second-order valence-electron chi connectivity index (χ2n) is 7.18. The zero-order valence-corrected chi connectivity index (χ0v) is 17.5. The maximum atomic E-state index is 4.56. The quantitative estimate of drug-likeness (QED) is 0.400. The zero-order valence-electron chi connectivity index (χ0n) is 15.9. The minimum absolute atomic E-state index is 0.558. The maximum absolute atomic E-state index is 4.56. The van der Waals surface area contributed by atoms with Crippen molar-refractivity contribution in [3.8, 4) is 16.4 Å². The second kappa shape index (κ2) is 7.22. The summed E-state index contributed by atoms with van der Waals surface area (Å²) < 4.78 is 4.32. The molecule has 0 bridgehead atoms. The van der Waals surface area contributed by atoms with Gasteiger partial charge < -0.3 is 0 Å². The van der Waals surface area contributed by atoms with E-state index in [4.69, 9.17) is 0 Å². The Bertz CT molecular complexity index is 1090. The highest BCUT2D eigenvalue weighted by atomic mass is 32.2. The summed E-state index contributed by atoms with van der Waals surface area (Å²) in [5.41, 5.74) is 4.56. The SMILES string of the molecule is Cc1cc(C)n(-c2ccc(CSc3nnc(-c4cccs4)n3C3CC3)cc2)n1. The van der Waals surface area contributed by atoms with Gasteiger partial charge in [0.25, 0.3) is 0 Å². The van der Waals surface area contributed by atoms with Crippen LogP contribution in [0.25, 0.3) is 16.4 Å². The minimum atomic E-state index is 0.558. The van der Waals surface area contributed by atoms with Crippen molar-refractivity contribution in [1.29, 1.82) is 0 Å². The molecular formula is C21H21N5S2. The van der Waals surface area contributed by atoms with Crippen molar-refractivity contribution in [2.75, 3.05) is 0 Å². The minimum Gasteiger partial charge on any atom is -0.298 e. The molecule has 0 N–H and O–H groups in total. The van der Waals surface area contributed by atoms with E-state index in [0.717, 1.165) is 33.8 Å². The van der Waals surface area contributed by atoms with Gasteiger partial charge in [-0.25, -0.2) is 4.68 Å². The Morgan fingerprint density at radius 3 is 2.57 bits per heavy atom. The van der Waals surface area contributed by atoms with E-state index in [9.17, 15) is 0 Å². The van der Waals surface area contributed by atoms with Crippen molar-refractivity contribution >= 4 is 23.1 Å². The number of aryl methyl sites for hydroxylation is 2. The summed E-state index contributed by atoms with van der Waals surface area (Å²) in [4.78, 5) is 1.19. The molecule has 0 unspecified atom stereocenters. The number of hydrogen-bond donors (Lipinski definition) is 0. The molecule has 0 atom stereocenters. The molecule has 0 aliphatic heterocycles. The van der Waals surface area contributed by atoms with E-state index in [-0.39, 0.29) is 0 Å². The summed E-state index contributed by atoms with van der Waals surface area (Å²) in [6, 6.07) is 15.5. The van der Waals surface area contributed by atoms with Gasteiger partial charge in [-0.15, -0.1) is 21.5 Å². The molecule has 0 spiro atoms. The summed E-state index contributed by atoms with van der Waals surface area (Å²) in [5.74, 6) is 1.90. The molecule has 3 heterocycles. The molecule has 1 saturated carbocycles. The van der Waals surface area contributed by atoms with Crippen LogP contribution in [0.3, 0.4) is 0 Å². The van der Waals surface area contributed by atoms with Crippen molar-refractivity contribution in [2.24, 2.45) is 0 Å². The number of nitrogens with zero attached hydrogens (tertiary/aromatic N) is 5. The third-order valence-corrected chi connectivity index (χ3v) is 6.76. The van der Waals surface area contributed by atoms with E-state index in [1.807, 2.05) is 11.6 Å². The first-order valence-corrected chi connectivity index (χ1v) is 11.3. The van der Waals surface area contributed by atoms with Crippen molar-refractivity contribution in [1.82, 2.24) is 24.5 Å². The van der Waals surface area contributed by atoms with Crippen LogP contribution in [0.1, 0.15) is 35.8 Å². The molecular weight excluding hydrogens is 386 g/mol. The second-order valence-corrected chi connectivity index (χ2v) is 9.07. The van der Waals surface area contributed by atoms with Crippen LogP contribution in [0.15, 0.2) is 53.0 Å². The molecule has 5 nitrogen and oxygen atoms in total. The molecule has 5 rings (SSSR count). The van der Waals surface area contributed by atoms with Gasteiger partial charge in [-0.1, -0.05) is 30.0 Å². The van der Waals surface area contributed by atoms with Gasteiger partial charge in [-0.05, 0) is 61.9 Å². The smallest absolute Gasteiger partial charge is 0.192 e. The van der Waals surface area contributed by atoms with Crippen LogP contribution in [0.5, 0.6) is 0 Å². The van der Waals surface area contributed by atoms with Gasteiger partial charge in [0, 0.05) is 17.5 Å². The Labute approximate surface area is 172 Å². The number of thioether (sulfide) groups is 1. The first-order chi connectivity index (χ1) is 13.7. The van der Waals surface area contributed by atoms with Gasteiger partial charge >= 0.3 is 0 Å². The Morgan fingerprint density at radius 1 is 1.11 bits per heavy atom. The van der Waals surface area contributed by atoms with Crippen LogP contribution in [-0.4, -0.2) is 24.5 Å². The van der Waals surface area contributed by atoms with Gasteiger partial charge in [0.15, 0.2) is 11.0 Å². The fraction of sp³-hybridized carbons (Fsp3) is 0.286. The molecule has 7 heteroatoms. The number of aromatic nitrogens is 5. The van der Waals surface area contributed by atoms with Crippen LogP contribution in [0.4, 0.5) is 0 Å². The van der Waals surface area contributed by atoms with Crippen LogP contribution >= 0.6 is 23.1 Å². The summed E-state index contributed by atoms with van der Waals surface area (Å²) in [7, 11) is 0. The lowest BCUT2D eigenvalue weighted by Gasteiger charge is -2.08. The van der Waals surface area contributed by atoms with Crippen LogP contribution < -0.4 is 0 Å². The summed E-state index contributed by atoms with van der Waals surface area (Å²) in [6.45, 7) is 4.11. The number of benzene rings is 1. The summed E-state index contributed by atoms with van der Waals surface area (Å²) in [5, 5.41) is 16.7. The summed E-state index contributed by atoms with van der Waals surface area (Å²) in [6.07, 6.45) is 2.45. The normalized spacial score (nSPS) is 13.9. The Morgan fingerprint density at radius 2 is 1.93 bits per heavy atom. The van der Waals surface area contributed by atoms with E-state index in [0.29, 0.717) is 6.04 Å². The third-order valence-electron chi connectivity index (χ3n) is 4.88. The van der Waals surface area contributed by atoms with Crippen molar-refractivity contribution in [2.45, 2.75) is 43.6 Å². The highest BCUT2D eigenvalue weighted by Crippen LogP contribution is 2.42. The van der Waals surface area contributed by atoms with Crippen molar-refractivity contribution in [3.63, 3.8) is 0 Å². The Kier molecular flexibility index (Phi) is 4.56. The van der Waals surface area contributed by atoms with E-state index < -0.39 is 0 Å². The van der Waals surface area contributed by atoms with E-state index >= 15 is 0 Å². The van der Waals surface area contributed by atoms with Gasteiger partial charge in [0.05, 0.1) is 16.3 Å². The highest BCUT2D eigenvalue weighted by Gasteiger charge is 2.30. The lowest BCUT2D eigenvalue weighted by Crippen LogP contribution is -2.00. The lowest BCUT2D eigenvalue weighted by atomic mass is 10.2. The number of thiophene rings is 1. The topological polar surface area (TPSA) is 48.5 Å². The molecule has 4 aromatic rings. The summed E-state index contributed by atoms with van der Waals surface area (Å²) >= 11 is 3.49. The highest BCUT2D eigenvalue weighted by molar-refractivity contribution is 7.98. The molecule has 1 aromatic carbocycles.